The zero-order valence-electron chi connectivity index (χ0n) is 7.42. The molecular formula is C8H16N2O2. The van der Waals surface area contributed by atoms with Gasteiger partial charge >= 0.3 is 0 Å². The van der Waals surface area contributed by atoms with Crippen molar-refractivity contribution in [2.24, 2.45) is 0 Å². The first-order valence-electron chi connectivity index (χ1n) is 4.39. The number of likely N-dealkylation sites (tertiary alicyclic amines) is 1. The van der Waals surface area contributed by atoms with Crippen LogP contribution in [0.1, 0.15) is 13.3 Å². The largest absolute Gasteiger partial charge is 0.390 e. The Balaban J connectivity index is 1.93. The van der Waals surface area contributed by atoms with Crippen molar-refractivity contribution in [3.63, 3.8) is 0 Å². The summed E-state index contributed by atoms with van der Waals surface area (Å²) >= 11 is 0. The number of amides is 1. The Bertz CT molecular complexity index is 155. The summed E-state index contributed by atoms with van der Waals surface area (Å²) < 4.78 is 0. The van der Waals surface area contributed by atoms with Crippen LogP contribution in [0.2, 0.25) is 0 Å². The van der Waals surface area contributed by atoms with E-state index in [0.717, 1.165) is 19.6 Å². The third kappa shape index (κ3) is 2.79. The molecule has 0 aromatic rings. The molecule has 0 unspecified atom stereocenters. The minimum absolute atomic E-state index is 0.0936. The number of carbonyl (C=O) groups excluding carboxylic acids is 1. The lowest BCUT2D eigenvalue weighted by Gasteiger charge is -2.35. The highest BCUT2D eigenvalue weighted by molar-refractivity contribution is 5.75. The molecule has 0 spiro atoms. The van der Waals surface area contributed by atoms with E-state index in [1.807, 2.05) is 6.92 Å². The van der Waals surface area contributed by atoms with Gasteiger partial charge in [0.2, 0.25) is 5.91 Å². The first kappa shape index (κ1) is 9.48. The van der Waals surface area contributed by atoms with Crippen LogP contribution in [0, 0.1) is 0 Å². The molecule has 1 fully saturated rings. The van der Waals surface area contributed by atoms with E-state index in [1.54, 1.807) is 0 Å². The van der Waals surface area contributed by atoms with Crippen LogP contribution < -0.4 is 5.32 Å². The highest BCUT2D eigenvalue weighted by atomic mass is 16.3. The van der Waals surface area contributed by atoms with Crippen molar-refractivity contribution in [2.75, 3.05) is 26.2 Å². The predicted octanol–water partition coefficient (Wildman–Crippen LogP) is -0.811. The van der Waals surface area contributed by atoms with Crippen molar-refractivity contribution < 1.29 is 9.90 Å². The molecule has 0 atom stereocenters. The molecule has 0 radical (unpaired) electrons. The normalized spacial score (nSPS) is 18.8. The molecule has 0 aromatic carbocycles. The Labute approximate surface area is 72.6 Å². The Hall–Kier alpha value is -0.610. The van der Waals surface area contributed by atoms with Gasteiger partial charge in [0, 0.05) is 32.6 Å². The Morgan fingerprint density at radius 1 is 1.67 bits per heavy atom. The number of nitrogens with one attached hydrogen (secondary N) is 1. The molecule has 4 heteroatoms. The summed E-state index contributed by atoms with van der Waals surface area (Å²) in [7, 11) is 0. The van der Waals surface area contributed by atoms with Gasteiger partial charge in [-0.15, -0.1) is 0 Å². The summed E-state index contributed by atoms with van der Waals surface area (Å²) in [5.41, 5.74) is 0. The second-order valence-electron chi connectivity index (χ2n) is 3.12. The van der Waals surface area contributed by atoms with Gasteiger partial charge in [-0.3, -0.25) is 9.69 Å². The average molecular weight is 172 g/mol. The fourth-order valence-corrected chi connectivity index (χ4v) is 1.20. The van der Waals surface area contributed by atoms with Gasteiger partial charge in [0.05, 0.1) is 6.10 Å². The predicted molar refractivity (Wildman–Crippen MR) is 45.7 cm³/mol. The van der Waals surface area contributed by atoms with E-state index >= 15 is 0 Å². The zero-order valence-corrected chi connectivity index (χ0v) is 7.42. The number of rotatable bonds is 4. The Kier molecular flexibility index (Phi) is 3.49. The van der Waals surface area contributed by atoms with Gasteiger partial charge in [-0.05, 0) is 0 Å². The lowest BCUT2D eigenvalue weighted by atomic mass is 10.2. The highest BCUT2D eigenvalue weighted by Crippen LogP contribution is 2.04. The maximum Gasteiger partial charge on any atom is 0.219 e. The zero-order chi connectivity index (χ0) is 8.97. The fraction of sp³-hybridized carbons (Fsp3) is 0.875. The monoisotopic (exact) mass is 172 g/mol. The lowest BCUT2D eigenvalue weighted by Crippen LogP contribution is -2.52. The molecule has 1 aliphatic heterocycles. The SMILES string of the molecule is CCC(=O)NCCN1CC(O)C1. The van der Waals surface area contributed by atoms with Crippen LogP contribution in [0.3, 0.4) is 0 Å². The first-order valence-corrected chi connectivity index (χ1v) is 4.39. The molecule has 1 saturated heterocycles. The highest BCUT2D eigenvalue weighted by Gasteiger charge is 2.23. The molecule has 0 aromatic heterocycles. The second kappa shape index (κ2) is 4.42. The molecule has 70 valence electrons. The van der Waals surface area contributed by atoms with Crippen LogP contribution >= 0.6 is 0 Å². The van der Waals surface area contributed by atoms with Gasteiger partial charge in [-0.2, -0.15) is 0 Å². The van der Waals surface area contributed by atoms with Crippen LogP contribution in [-0.2, 0) is 4.79 Å². The second-order valence-corrected chi connectivity index (χ2v) is 3.12. The molecule has 1 heterocycles. The number of hydrogen-bond acceptors (Lipinski definition) is 3. The van der Waals surface area contributed by atoms with Crippen LogP contribution in [0.5, 0.6) is 0 Å². The van der Waals surface area contributed by atoms with Gasteiger partial charge in [0.1, 0.15) is 0 Å². The summed E-state index contributed by atoms with van der Waals surface area (Å²) in [5.74, 6) is 0.0936. The summed E-state index contributed by atoms with van der Waals surface area (Å²) in [6.07, 6.45) is 0.398. The van der Waals surface area contributed by atoms with E-state index in [9.17, 15) is 4.79 Å². The smallest absolute Gasteiger partial charge is 0.219 e. The maximum absolute atomic E-state index is 10.8. The van der Waals surface area contributed by atoms with Gasteiger partial charge < -0.3 is 10.4 Å². The number of hydrogen-bond donors (Lipinski definition) is 2. The van der Waals surface area contributed by atoms with Crippen molar-refractivity contribution in [1.82, 2.24) is 10.2 Å². The van der Waals surface area contributed by atoms with Crippen molar-refractivity contribution in [3.05, 3.63) is 0 Å². The minimum atomic E-state index is -0.146. The third-order valence-corrected chi connectivity index (χ3v) is 2.01. The average Bonchev–Trinajstić information content (AvgIpc) is 2.01. The maximum atomic E-state index is 10.8. The quantitative estimate of drug-likeness (QED) is 0.583. The molecule has 4 nitrogen and oxygen atoms in total. The van der Waals surface area contributed by atoms with Crippen LogP contribution in [-0.4, -0.2) is 48.2 Å². The molecule has 2 N–H and O–H groups in total. The van der Waals surface area contributed by atoms with Crippen LogP contribution in [0.4, 0.5) is 0 Å². The van der Waals surface area contributed by atoms with E-state index in [-0.39, 0.29) is 12.0 Å². The summed E-state index contributed by atoms with van der Waals surface area (Å²) in [6, 6.07) is 0. The number of aliphatic hydroxyl groups excluding tert-OH is 1. The first-order chi connectivity index (χ1) is 5.72. The summed E-state index contributed by atoms with van der Waals surface area (Å²) in [4.78, 5) is 12.9. The van der Waals surface area contributed by atoms with E-state index in [2.05, 4.69) is 10.2 Å². The fourth-order valence-electron chi connectivity index (χ4n) is 1.20. The van der Waals surface area contributed by atoms with E-state index < -0.39 is 0 Å². The molecule has 0 saturated carbocycles. The van der Waals surface area contributed by atoms with Crippen LogP contribution in [0.25, 0.3) is 0 Å². The number of aliphatic hydroxyl groups is 1. The summed E-state index contributed by atoms with van der Waals surface area (Å²) in [6.45, 7) is 4.88. The Morgan fingerprint density at radius 3 is 2.83 bits per heavy atom. The number of β-amino-alcohol motifs (C(OH)–C–C–N with tert-alkyl or cyclic N) is 1. The van der Waals surface area contributed by atoms with Crippen molar-refractivity contribution in [1.29, 1.82) is 0 Å². The Morgan fingerprint density at radius 2 is 2.33 bits per heavy atom. The van der Waals surface area contributed by atoms with E-state index in [4.69, 9.17) is 5.11 Å². The van der Waals surface area contributed by atoms with E-state index in [1.165, 1.54) is 0 Å². The summed E-state index contributed by atoms with van der Waals surface area (Å²) in [5, 5.41) is 11.7. The van der Waals surface area contributed by atoms with Gasteiger partial charge in [-0.25, -0.2) is 0 Å². The molecular weight excluding hydrogens is 156 g/mol. The van der Waals surface area contributed by atoms with Crippen molar-refractivity contribution in [3.8, 4) is 0 Å². The van der Waals surface area contributed by atoms with Crippen LogP contribution in [0.15, 0.2) is 0 Å². The van der Waals surface area contributed by atoms with Gasteiger partial charge in [-0.1, -0.05) is 6.92 Å². The van der Waals surface area contributed by atoms with Gasteiger partial charge in [0.25, 0.3) is 0 Å². The van der Waals surface area contributed by atoms with Crippen molar-refractivity contribution in [2.45, 2.75) is 19.4 Å². The number of carbonyl (C=O) groups is 1. The van der Waals surface area contributed by atoms with Crippen molar-refractivity contribution >= 4 is 5.91 Å². The molecule has 1 amide bonds. The number of nitrogens with zero attached hydrogens (tertiary/aromatic N) is 1. The molecule has 0 bridgehead atoms. The van der Waals surface area contributed by atoms with Gasteiger partial charge in [0.15, 0.2) is 0 Å². The topological polar surface area (TPSA) is 52.6 Å². The molecule has 1 aliphatic rings. The molecule has 1 rings (SSSR count). The third-order valence-electron chi connectivity index (χ3n) is 2.01. The van der Waals surface area contributed by atoms with E-state index in [0.29, 0.717) is 13.0 Å². The standard InChI is InChI=1S/C8H16N2O2/c1-2-8(12)9-3-4-10-5-7(11)6-10/h7,11H,2-6H2,1H3,(H,9,12). The lowest BCUT2D eigenvalue weighted by molar-refractivity contribution is -0.120. The molecule has 0 aliphatic carbocycles. The minimum Gasteiger partial charge on any atom is -0.390 e. The molecule has 12 heavy (non-hydrogen) atoms.